The molecule has 0 heterocycles. The van der Waals surface area contributed by atoms with Gasteiger partial charge < -0.3 is 9.84 Å². The van der Waals surface area contributed by atoms with Gasteiger partial charge in [-0.15, -0.1) is 0 Å². The minimum Gasteiger partial charge on any atom is -0.496 e. The van der Waals surface area contributed by atoms with Gasteiger partial charge in [-0.2, -0.15) is 0 Å². The predicted octanol–water partition coefficient (Wildman–Crippen LogP) is 1.68. The van der Waals surface area contributed by atoms with Crippen molar-refractivity contribution in [2.45, 2.75) is 13.3 Å². The summed E-state index contributed by atoms with van der Waals surface area (Å²) in [5, 5.41) is 8.71. The molecule has 0 bridgehead atoms. The van der Waals surface area contributed by atoms with Crippen molar-refractivity contribution in [2.75, 3.05) is 13.7 Å². The fourth-order valence-corrected chi connectivity index (χ4v) is 1.28. The molecule has 1 aromatic carbocycles. The molecule has 1 N–H and O–H groups in total. The van der Waals surface area contributed by atoms with Gasteiger partial charge in [0.1, 0.15) is 11.6 Å². The van der Waals surface area contributed by atoms with Gasteiger partial charge >= 0.3 is 0 Å². The molecule has 0 saturated heterocycles. The summed E-state index contributed by atoms with van der Waals surface area (Å²) in [5.41, 5.74) is 1.26. The van der Waals surface area contributed by atoms with E-state index < -0.39 is 0 Å². The van der Waals surface area contributed by atoms with Crippen molar-refractivity contribution in [3.05, 3.63) is 29.1 Å². The third-order valence-electron chi connectivity index (χ3n) is 1.88. The average molecular weight is 184 g/mol. The molecule has 0 amide bonds. The summed E-state index contributed by atoms with van der Waals surface area (Å²) >= 11 is 0. The van der Waals surface area contributed by atoms with Crippen LogP contribution >= 0.6 is 0 Å². The van der Waals surface area contributed by atoms with Crippen molar-refractivity contribution < 1.29 is 14.2 Å². The predicted molar refractivity (Wildman–Crippen MR) is 48.5 cm³/mol. The van der Waals surface area contributed by atoms with Gasteiger partial charge in [0.05, 0.1) is 7.11 Å². The van der Waals surface area contributed by atoms with E-state index in [2.05, 4.69) is 0 Å². The second-order valence-electron chi connectivity index (χ2n) is 2.90. The minimum atomic E-state index is -0.314. The highest BCUT2D eigenvalue weighted by Gasteiger charge is 2.09. The van der Waals surface area contributed by atoms with Crippen LogP contribution in [0.2, 0.25) is 0 Å². The maximum atomic E-state index is 13.3. The molecule has 0 aliphatic rings. The Morgan fingerprint density at radius 1 is 1.46 bits per heavy atom. The maximum Gasteiger partial charge on any atom is 0.130 e. The zero-order chi connectivity index (χ0) is 9.84. The maximum absolute atomic E-state index is 13.3. The Kier molecular flexibility index (Phi) is 3.25. The fourth-order valence-electron chi connectivity index (χ4n) is 1.28. The summed E-state index contributed by atoms with van der Waals surface area (Å²) < 4.78 is 18.3. The summed E-state index contributed by atoms with van der Waals surface area (Å²) in [6, 6.07) is 3.20. The third-order valence-corrected chi connectivity index (χ3v) is 1.88. The molecule has 0 aromatic heterocycles. The van der Waals surface area contributed by atoms with E-state index in [0.717, 1.165) is 5.56 Å². The van der Waals surface area contributed by atoms with Gasteiger partial charge in [-0.3, -0.25) is 0 Å². The molecule has 72 valence electrons. The molecule has 1 aromatic rings. The van der Waals surface area contributed by atoms with Crippen molar-refractivity contribution in [1.29, 1.82) is 0 Å². The quantitative estimate of drug-likeness (QED) is 0.774. The monoisotopic (exact) mass is 184 g/mol. The highest BCUT2D eigenvalue weighted by atomic mass is 19.1. The van der Waals surface area contributed by atoms with E-state index in [0.29, 0.717) is 11.3 Å². The van der Waals surface area contributed by atoms with Crippen molar-refractivity contribution in [2.24, 2.45) is 0 Å². The molecule has 3 heteroatoms. The summed E-state index contributed by atoms with van der Waals surface area (Å²) in [4.78, 5) is 0. The molecule has 2 nitrogen and oxygen atoms in total. The second kappa shape index (κ2) is 4.23. The zero-order valence-corrected chi connectivity index (χ0v) is 7.80. The number of ether oxygens (including phenoxy) is 1. The van der Waals surface area contributed by atoms with E-state index in [1.807, 2.05) is 0 Å². The Bertz CT molecular complexity index is 297. The molecular weight excluding hydrogens is 171 g/mol. The van der Waals surface area contributed by atoms with E-state index in [1.54, 1.807) is 13.0 Å². The third kappa shape index (κ3) is 2.18. The molecule has 0 aliphatic heterocycles. The number of aryl methyl sites for hydroxylation is 1. The molecule has 13 heavy (non-hydrogen) atoms. The topological polar surface area (TPSA) is 29.5 Å². The Hall–Kier alpha value is -1.09. The van der Waals surface area contributed by atoms with Crippen LogP contribution in [0.25, 0.3) is 0 Å². The average Bonchev–Trinajstić information content (AvgIpc) is 2.09. The van der Waals surface area contributed by atoms with Crippen LogP contribution < -0.4 is 4.74 Å². The highest BCUT2D eigenvalue weighted by Crippen LogP contribution is 2.23. The van der Waals surface area contributed by atoms with Crippen LogP contribution in [0.5, 0.6) is 5.75 Å². The van der Waals surface area contributed by atoms with E-state index in [-0.39, 0.29) is 18.8 Å². The first-order valence-corrected chi connectivity index (χ1v) is 4.13. The standard InChI is InChI=1S/C10H13FO2/c1-7-5-9(11)8(3-4-12)10(6-7)13-2/h5-6,12H,3-4H2,1-2H3. The van der Waals surface area contributed by atoms with Crippen LogP contribution in [0.15, 0.2) is 12.1 Å². The smallest absolute Gasteiger partial charge is 0.130 e. The summed E-state index contributed by atoms with van der Waals surface area (Å²) in [6.07, 6.45) is 0.287. The summed E-state index contributed by atoms with van der Waals surface area (Å²) in [7, 11) is 1.50. The largest absolute Gasteiger partial charge is 0.496 e. The number of halogens is 1. The van der Waals surface area contributed by atoms with E-state index in [4.69, 9.17) is 9.84 Å². The van der Waals surface area contributed by atoms with Crippen LogP contribution in [-0.4, -0.2) is 18.8 Å². The molecule has 0 aliphatic carbocycles. The van der Waals surface area contributed by atoms with Crippen LogP contribution in [-0.2, 0) is 6.42 Å². The number of aliphatic hydroxyl groups excluding tert-OH is 1. The van der Waals surface area contributed by atoms with Crippen LogP contribution in [0.1, 0.15) is 11.1 Å². The number of aliphatic hydroxyl groups is 1. The lowest BCUT2D eigenvalue weighted by atomic mass is 10.1. The lowest BCUT2D eigenvalue weighted by molar-refractivity contribution is 0.294. The second-order valence-corrected chi connectivity index (χ2v) is 2.90. The SMILES string of the molecule is COc1cc(C)cc(F)c1CCO. The van der Waals surface area contributed by atoms with Crippen molar-refractivity contribution >= 4 is 0 Å². The van der Waals surface area contributed by atoms with Gasteiger partial charge in [-0.05, 0) is 24.6 Å². The molecule has 0 saturated carbocycles. The molecule has 0 spiro atoms. The number of hydrogen-bond acceptors (Lipinski definition) is 2. The zero-order valence-electron chi connectivity index (χ0n) is 7.80. The summed E-state index contributed by atoms with van der Waals surface area (Å²) in [6.45, 7) is 1.73. The Labute approximate surface area is 77.0 Å². The van der Waals surface area contributed by atoms with Gasteiger partial charge in [0.15, 0.2) is 0 Å². The first kappa shape index (κ1) is 9.99. The number of benzene rings is 1. The van der Waals surface area contributed by atoms with Gasteiger partial charge in [-0.1, -0.05) is 0 Å². The molecule has 0 atom stereocenters. The molecule has 0 unspecified atom stereocenters. The molecule has 0 radical (unpaired) electrons. The first-order chi connectivity index (χ1) is 6.19. The normalized spacial score (nSPS) is 10.2. The van der Waals surface area contributed by atoms with E-state index in [1.165, 1.54) is 13.2 Å². The Balaban J connectivity index is 3.13. The number of methoxy groups -OCH3 is 1. The van der Waals surface area contributed by atoms with Crippen LogP contribution in [0, 0.1) is 12.7 Å². The Morgan fingerprint density at radius 3 is 2.69 bits per heavy atom. The van der Waals surface area contributed by atoms with Gasteiger partial charge in [-0.25, -0.2) is 4.39 Å². The number of hydrogen-bond donors (Lipinski definition) is 1. The lowest BCUT2D eigenvalue weighted by Crippen LogP contribution is -2.00. The number of rotatable bonds is 3. The molecular formula is C10H13FO2. The van der Waals surface area contributed by atoms with E-state index >= 15 is 0 Å². The minimum absolute atomic E-state index is 0.0731. The fraction of sp³-hybridized carbons (Fsp3) is 0.400. The lowest BCUT2D eigenvalue weighted by Gasteiger charge is -2.09. The van der Waals surface area contributed by atoms with Crippen molar-refractivity contribution in [3.63, 3.8) is 0 Å². The summed E-state index contributed by atoms with van der Waals surface area (Å²) in [5.74, 6) is 0.192. The van der Waals surface area contributed by atoms with Crippen molar-refractivity contribution in [1.82, 2.24) is 0 Å². The highest BCUT2D eigenvalue weighted by molar-refractivity contribution is 5.38. The van der Waals surface area contributed by atoms with E-state index in [9.17, 15) is 4.39 Å². The van der Waals surface area contributed by atoms with Gasteiger partial charge in [0, 0.05) is 18.6 Å². The molecule has 0 fully saturated rings. The van der Waals surface area contributed by atoms with Crippen LogP contribution in [0.4, 0.5) is 4.39 Å². The van der Waals surface area contributed by atoms with Gasteiger partial charge in [0.25, 0.3) is 0 Å². The van der Waals surface area contributed by atoms with Crippen LogP contribution in [0.3, 0.4) is 0 Å². The van der Waals surface area contributed by atoms with Crippen molar-refractivity contribution in [3.8, 4) is 5.75 Å². The molecule has 1 rings (SSSR count). The van der Waals surface area contributed by atoms with Gasteiger partial charge in [0.2, 0.25) is 0 Å². The Morgan fingerprint density at radius 2 is 2.15 bits per heavy atom. The first-order valence-electron chi connectivity index (χ1n) is 4.13.